The fraction of sp³-hybridized carbons (Fsp3) is 0.174. The van der Waals surface area contributed by atoms with Gasteiger partial charge in [-0.25, -0.2) is 8.42 Å². The van der Waals surface area contributed by atoms with Gasteiger partial charge in [-0.05, 0) is 53.6 Å². The van der Waals surface area contributed by atoms with E-state index in [0.29, 0.717) is 34.2 Å². The van der Waals surface area contributed by atoms with Gasteiger partial charge in [0.2, 0.25) is 10.0 Å². The second-order valence-corrected chi connectivity index (χ2v) is 11.7. The highest BCUT2D eigenvalue weighted by Gasteiger charge is 2.37. The summed E-state index contributed by atoms with van der Waals surface area (Å²) >= 11 is 6.05. The van der Waals surface area contributed by atoms with Crippen LogP contribution in [0.15, 0.2) is 82.8 Å². The monoisotopic (exact) mass is 519 g/mol. The van der Waals surface area contributed by atoms with Crippen molar-refractivity contribution in [2.75, 3.05) is 18.1 Å². The fourth-order valence-corrected chi connectivity index (χ4v) is 5.94. The van der Waals surface area contributed by atoms with E-state index >= 15 is 0 Å². The lowest BCUT2D eigenvalue weighted by atomic mass is 9.99. The van der Waals surface area contributed by atoms with Gasteiger partial charge in [0.05, 0.1) is 30.0 Å². The van der Waals surface area contributed by atoms with Crippen LogP contribution in [0, 0.1) is 0 Å². The van der Waals surface area contributed by atoms with Gasteiger partial charge in [0.25, 0.3) is 10.0 Å². The number of sulfonamides is 2. The zero-order valence-corrected chi connectivity index (χ0v) is 20.7. The lowest BCUT2D eigenvalue weighted by Gasteiger charge is -2.23. The largest absolute Gasteiger partial charge is 0.497 e. The van der Waals surface area contributed by atoms with Crippen molar-refractivity contribution in [1.82, 2.24) is 4.41 Å². The van der Waals surface area contributed by atoms with Crippen LogP contribution in [-0.2, 0) is 20.0 Å². The summed E-state index contributed by atoms with van der Waals surface area (Å²) in [6.45, 7) is 0. The summed E-state index contributed by atoms with van der Waals surface area (Å²) in [5.74, 6) is 0.654. The summed E-state index contributed by atoms with van der Waals surface area (Å²) in [6.07, 6.45) is 1.39. The predicted octanol–water partition coefficient (Wildman–Crippen LogP) is 4.26. The first kappa shape index (κ1) is 24.1. The Balaban J connectivity index is 1.74. The van der Waals surface area contributed by atoms with Crippen LogP contribution in [0.1, 0.15) is 23.6 Å². The molecule has 11 heteroatoms. The van der Waals surface area contributed by atoms with Crippen LogP contribution in [0.4, 0.5) is 5.69 Å². The third-order valence-electron chi connectivity index (χ3n) is 5.23. The summed E-state index contributed by atoms with van der Waals surface area (Å²) in [7, 11) is -5.86. The average molecular weight is 520 g/mol. The molecule has 0 saturated heterocycles. The Kier molecular flexibility index (Phi) is 6.57. The molecule has 3 aromatic rings. The number of anilines is 1. The van der Waals surface area contributed by atoms with Gasteiger partial charge in [0, 0.05) is 17.1 Å². The molecule has 1 unspecified atom stereocenters. The van der Waals surface area contributed by atoms with Crippen molar-refractivity contribution in [2.45, 2.75) is 17.4 Å². The van der Waals surface area contributed by atoms with Gasteiger partial charge in [-0.1, -0.05) is 41.9 Å². The van der Waals surface area contributed by atoms with E-state index in [1.54, 1.807) is 55.6 Å². The molecule has 0 aromatic heterocycles. The molecule has 0 amide bonds. The van der Waals surface area contributed by atoms with E-state index < -0.39 is 26.1 Å². The van der Waals surface area contributed by atoms with Crippen LogP contribution in [0.2, 0.25) is 5.02 Å². The number of halogens is 1. The van der Waals surface area contributed by atoms with Gasteiger partial charge in [-0.15, -0.1) is 0 Å². The molecule has 1 heterocycles. The molecule has 1 N–H and O–H groups in total. The van der Waals surface area contributed by atoms with Gasteiger partial charge in [0.15, 0.2) is 0 Å². The Morgan fingerprint density at radius 3 is 2.26 bits per heavy atom. The van der Waals surface area contributed by atoms with Crippen molar-refractivity contribution >= 4 is 43.0 Å². The first-order valence-electron chi connectivity index (χ1n) is 10.2. The first-order valence-corrected chi connectivity index (χ1v) is 13.9. The smallest absolute Gasteiger partial charge is 0.279 e. The molecule has 0 bridgehead atoms. The Hall–Kier alpha value is -3.08. The number of benzene rings is 3. The Labute approximate surface area is 203 Å². The average Bonchev–Trinajstić information content (AvgIpc) is 3.25. The zero-order valence-electron chi connectivity index (χ0n) is 18.3. The summed E-state index contributed by atoms with van der Waals surface area (Å²) in [5, 5.41) is 4.79. The van der Waals surface area contributed by atoms with E-state index in [0.717, 1.165) is 16.2 Å². The van der Waals surface area contributed by atoms with Crippen LogP contribution in [0.3, 0.4) is 0 Å². The van der Waals surface area contributed by atoms with Crippen molar-refractivity contribution in [1.29, 1.82) is 0 Å². The van der Waals surface area contributed by atoms with Crippen LogP contribution in [-0.4, -0.2) is 40.3 Å². The van der Waals surface area contributed by atoms with Gasteiger partial charge >= 0.3 is 0 Å². The third-order valence-corrected chi connectivity index (χ3v) is 7.75. The van der Waals surface area contributed by atoms with Crippen molar-refractivity contribution in [3.05, 3.63) is 88.9 Å². The van der Waals surface area contributed by atoms with Crippen LogP contribution < -0.4 is 9.46 Å². The fourth-order valence-electron chi connectivity index (χ4n) is 3.64. The normalized spacial score (nSPS) is 16.3. The number of methoxy groups -OCH3 is 1. The summed E-state index contributed by atoms with van der Waals surface area (Å²) in [6, 6.07) is 19.2. The maximum absolute atomic E-state index is 13.5. The second kappa shape index (κ2) is 9.28. The van der Waals surface area contributed by atoms with Gasteiger partial charge < -0.3 is 4.74 Å². The molecule has 0 saturated carbocycles. The van der Waals surface area contributed by atoms with E-state index in [2.05, 4.69) is 9.82 Å². The highest BCUT2D eigenvalue weighted by Crippen LogP contribution is 2.38. The number of ether oxygens (including phenoxy) is 1. The number of rotatable bonds is 7. The summed E-state index contributed by atoms with van der Waals surface area (Å²) in [4.78, 5) is 0.0382. The minimum Gasteiger partial charge on any atom is -0.497 e. The van der Waals surface area contributed by atoms with Crippen molar-refractivity contribution in [3.63, 3.8) is 0 Å². The van der Waals surface area contributed by atoms with Crippen molar-refractivity contribution in [2.24, 2.45) is 5.10 Å². The molecular weight excluding hydrogens is 498 g/mol. The topological polar surface area (TPSA) is 105 Å². The molecule has 1 aliphatic heterocycles. The molecule has 3 aromatic carbocycles. The molecule has 0 radical (unpaired) electrons. The molecule has 0 aliphatic carbocycles. The van der Waals surface area contributed by atoms with E-state index in [4.69, 9.17) is 16.3 Å². The zero-order chi connectivity index (χ0) is 24.5. The SMILES string of the molecule is COc1ccc(C2CC(c3ccc(NS(C)(=O)=O)cc3)=NN2S(=O)(=O)c2cccc(Cl)c2)cc1. The third kappa shape index (κ3) is 5.19. The molecule has 0 spiro atoms. The number of hydrazone groups is 1. The van der Waals surface area contributed by atoms with Crippen molar-refractivity contribution in [3.8, 4) is 5.75 Å². The first-order chi connectivity index (χ1) is 16.1. The minimum atomic E-state index is -4.01. The minimum absolute atomic E-state index is 0.0382. The second-order valence-electron chi connectivity index (χ2n) is 7.73. The maximum atomic E-state index is 13.5. The molecule has 0 fully saturated rings. The molecule has 8 nitrogen and oxygen atoms in total. The Bertz CT molecular complexity index is 1440. The molecule has 4 rings (SSSR count). The van der Waals surface area contributed by atoms with Crippen LogP contribution in [0.25, 0.3) is 0 Å². The highest BCUT2D eigenvalue weighted by molar-refractivity contribution is 7.92. The van der Waals surface area contributed by atoms with Crippen LogP contribution in [0.5, 0.6) is 5.75 Å². The van der Waals surface area contributed by atoms with Gasteiger partial charge in [0.1, 0.15) is 5.75 Å². The Morgan fingerprint density at radius 1 is 1.00 bits per heavy atom. The van der Waals surface area contributed by atoms with E-state index in [1.165, 1.54) is 12.1 Å². The standard InChI is InChI=1S/C23H22ClN3O5S2/c1-32-20-12-8-17(9-13-20)23-15-22(16-6-10-19(11-7-16)26-33(2,28)29)25-27(23)34(30,31)21-5-3-4-18(24)14-21/h3-14,23,26H,15H2,1-2H3. The number of nitrogens with zero attached hydrogens (tertiary/aromatic N) is 2. The van der Waals surface area contributed by atoms with E-state index in [1.807, 2.05) is 12.1 Å². The molecular formula is C23H22ClN3O5S2. The Morgan fingerprint density at radius 2 is 1.68 bits per heavy atom. The highest BCUT2D eigenvalue weighted by atomic mass is 35.5. The molecule has 1 aliphatic rings. The molecule has 1 atom stereocenters. The number of nitrogens with one attached hydrogen (secondary N) is 1. The quantitative estimate of drug-likeness (QED) is 0.502. The van der Waals surface area contributed by atoms with Gasteiger partial charge in [-0.3, -0.25) is 4.72 Å². The van der Waals surface area contributed by atoms with E-state index in [9.17, 15) is 16.8 Å². The lowest BCUT2D eigenvalue weighted by Crippen LogP contribution is -2.27. The summed E-state index contributed by atoms with van der Waals surface area (Å²) in [5.41, 5.74) is 2.39. The van der Waals surface area contributed by atoms with Crippen LogP contribution >= 0.6 is 11.6 Å². The van der Waals surface area contributed by atoms with E-state index in [-0.39, 0.29) is 4.90 Å². The number of hydrogen-bond donors (Lipinski definition) is 1. The molecule has 34 heavy (non-hydrogen) atoms. The lowest BCUT2D eigenvalue weighted by molar-refractivity contribution is 0.370. The predicted molar refractivity (Wildman–Crippen MR) is 132 cm³/mol. The van der Waals surface area contributed by atoms with Crippen molar-refractivity contribution < 1.29 is 21.6 Å². The van der Waals surface area contributed by atoms with Gasteiger partial charge in [-0.2, -0.15) is 17.9 Å². The maximum Gasteiger partial charge on any atom is 0.279 e. The summed E-state index contributed by atoms with van der Waals surface area (Å²) < 4.78 is 58.8. The number of hydrogen-bond acceptors (Lipinski definition) is 6. The molecule has 178 valence electrons.